The van der Waals surface area contributed by atoms with Crippen molar-refractivity contribution in [3.8, 4) is 5.75 Å². The van der Waals surface area contributed by atoms with Gasteiger partial charge in [-0.1, -0.05) is 13.8 Å². The van der Waals surface area contributed by atoms with E-state index in [4.69, 9.17) is 4.74 Å². The predicted molar refractivity (Wildman–Crippen MR) is 125 cm³/mol. The Morgan fingerprint density at radius 3 is 2.42 bits per heavy atom. The van der Waals surface area contributed by atoms with Crippen LogP contribution in [-0.4, -0.2) is 30.6 Å². The number of hydrogen-bond donors (Lipinski definition) is 2. The summed E-state index contributed by atoms with van der Waals surface area (Å²) in [7, 11) is -2.59. The molecule has 0 amide bonds. The molecule has 2 aromatic carbocycles. The summed E-state index contributed by atoms with van der Waals surface area (Å²) in [6.45, 7) is 5.45. The van der Waals surface area contributed by atoms with E-state index in [0.29, 0.717) is 17.0 Å². The van der Waals surface area contributed by atoms with Crippen LogP contribution in [-0.2, 0) is 16.6 Å². The second-order valence-electron chi connectivity index (χ2n) is 7.68. The molecule has 0 saturated carbocycles. The minimum Gasteiger partial charge on any atom is -0.497 e. The van der Waals surface area contributed by atoms with E-state index < -0.39 is 20.9 Å². The van der Waals surface area contributed by atoms with Crippen LogP contribution in [0.5, 0.6) is 5.75 Å². The number of nitro groups is 1. The molecule has 0 spiro atoms. The van der Waals surface area contributed by atoms with E-state index in [0.717, 1.165) is 5.56 Å². The van der Waals surface area contributed by atoms with Gasteiger partial charge in [-0.3, -0.25) is 14.8 Å². The monoisotopic (exact) mass is 471 g/mol. The molecule has 0 aliphatic rings. The van der Waals surface area contributed by atoms with Crippen molar-refractivity contribution < 1.29 is 18.1 Å². The van der Waals surface area contributed by atoms with Gasteiger partial charge in [0.05, 0.1) is 34.4 Å². The number of sulfonamides is 1. The molecule has 2 N–H and O–H groups in total. The number of anilines is 2. The lowest BCUT2D eigenvalue weighted by Gasteiger charge is -2.18. The molecule has 11 heteroatoms. The van der Waals surface area contributed by atoms with Crippen LogP contribution < -0.4 is 14.8 Å². The summed E-state index contributed by atoms with van der Waals surface area (Å²) >= 11 is 0. The van der Waals surface area contributed by atoms with Gasteiger partial charge in [0.25, 0.3) is 15.7 Å². The van der Waals surface area contributed by atoms with Crippen LogP contribution in [0.4, 0.5) is 17.1 Å². The fourth-order valence-electron chi connectivity index (χ4n) is 3.42. The molecule has 10 nitrogen and oxygen atoms in total. The topological polar surface area (TPSA) is 136 Å². The lowest BCUT2D eigenvalue weighted by molar-refractivity contribution is -0.385. The van der Waals surface area contributed by atoms with Gasteiger partial charge in [0.15, 0.2) is 0 Å². The average molecular weight is 472 g/mol. The molecule has 1 aromatic heterocycles. The molecule has 0 aliphatic heterocycles. The van der Waals surface area contributed by atoms with Crippen molar-refractivity contribution in [3.63, 3.8) is 0 Å². The zero-order chi connectivity index (χ0) is 24.2. The van der Waals surface area contributed by atoms with Crippen molar-refractivity contribution in [2.75, 3.05) is 17.1 Å². The Kier molecular flexibility index (Phi) is 7.12. The Bertz CT molecular complexity index is 1260. The van der Waals surface area contributed by atoms with E-state index in [-0.39, 0.29) is 28.4 Å². The molecule has 3 rings (SSSR count). The van der Waals surface area contributed by atoms with E-state index in [1.54, 1.807) is 51.2 Å². The largest absolute Gasteiger partial charge is 0.497 e. The van der Waals surface area contributed by atoms with E-state index in [1.165, 1.54) is 25.4 Å². The molecule has 0 fully saturated rings. The van der Waals surface area contributed by atoms with Gasteiger partial charge < -0.3 is 10.1 Å². The first-order valence-corrected chi connectivity index (χ1v) is 11.6. The second kappa shape index (κ2) is 9.82. The lowest BCUT2D eigenvalue weighted by atomic mass is 10.00. The number of hydrogen-bond acceptors (Lipinski definition) is 8. The Labute approximate surface area is 192 Å². The third kappa shape index (κ3) is 5.37. The number of aryl methyl sites for hydroxylation is 1. The van der Waals surface area contributed by atoms with Crippen molar-refractivity contribution in [1.82, 2.24) is 10.2 Å². The van der Waals surface area contributed by atoms with E-state index >= 15 is 0 Å². The van der Waals surface area contributed by atoms with Crippen molar-refractivity contribution >= 4 is 27.1 Å². The van der Waals surface area contributed by atoms with Crippen LogP contribution in [0, 0.1) is 17.0 Å². The van der Waals surface area contributed by atoms with Crippen molar-refractivity contribution in [1.29, 1.82) is 0 Å². The molecular formula is C22H25N5O5S. The predicted octanol–water partition coefficient (Wildman–Crippen LogP) is 4.24. The van der Waals surface area contributed by atoms with Crippen molar-refractivity contribution in [2.24, 2.45) is 0 Å². The van der Waals surface area contributed by atoms with E-state index in [1.807, 2.05) is 0 Å². The first-order valence-electron chi connectivity index (χ1n) is 10.1. The highest BCUT2D eigenvalue weighted by atomic mass is 32.2. The van der Waals surface area contributed by atoms with Gasteiger partial charge in [-0.15, -0.1) is 0 Å². The maximum atomic E-state index is 13.3. The SMILES string of the molecule is COc1ccc(NS(=O)(=O)c2ccc(NCc3ccnnc3)c([N+](=O)[O-])c2C(C)C)c(C)c1. The van der Waals surface area contributed by atoms with Gasteiger partial charge in [0.1, 0.15) is 11.4 Å². The highest BCUT2D eigenvalue weighted by Gasteiger charge is 2.31. The highest BCUT2D eigenvalue weighted by molar-refractivity contribution is 7.92. The van der Waals surface area contributed by atoms with E-state index in [9.17, 15) is 18.5 Å². The van der Waals surface area contributed by atoms with E-state index in [2.05, 4.69) is 20.2 Å². The number of nitro benzene ring substituents is 1. The third-order valence-electron chi connectivity index (χ3n) is 5.03. The minimum absolute atomic E-state index is 0.122. The molecular weight excluding hydrogens is 446 g/mol. The van der Waals surface area contributed by atoms with Crippen LogP contribution in [0.15, 0.2) is 53.7 Å². The molecule has 0 atom stereocenters. The molecule has 0 unspecified atom stereocenters. The number of rotatable bonds is 9. The Balaban J connectivity index is 2.04. The molecule has 0 saturated heterocycles. The number of methoxy groups -OCH3 is 1. The summed E-state index contributed by atoms with van der Waals surface area (Å²) < 4.78 is 34.3. The fourth-order valence-corrected chi connectivity index (χ4v) is 4.92. The number of nitrogens with zero attached hydrogens (tertiary/aromatic N) is 3. The standard InChI is InChI=1S/C22H25N5O5S/c1-14(2)21-20(33(30,31)26-18-6-5-17(32-4)11-15(18)3)8-7-19(22(21)27(28)29)23-12-16-9-10-24-25-13-16/h5-11,13-14,23,26H,12H2,1-4H3. The smallest absolute Gasteiger partial charge is 0.297 e. The maximum absolute atomic E-state index is 13.3. The normalized spacial score (nSPS) is 11.3. The number of ether oxygens (including phenoxy) is 1. The lowest BCUT2D eigenvalue weighted by Crippen LogP contribution is -2.18. The van der Waals surface area contributed by atoms with Gasteiger partial charge in [-0.25, -0.2) is 8.42 Å². The zero-order valence-electron chi connectivity index (χ0n) is 18.7. The minimum atomic E-state index is -4.11. The Morgan fingerprint density at radius 2 is 1.85 bits per heavy atom. The first kappa shape index (κ1) is 23.9. The van der Waals surface area contributed by atoms with Crippen LogP contribution in [0.3, 0.4) is 0 Å². The second-order valence-corrected chi connectivity index (χ2v) is 9.33. The fraction of sp³-hybridized carbons (Fsp3) is 0.273. The summed E-state index contributed by atoms with van der Waals surface area (Å²) in [5, 5.41) is 22.5. The molecule has 174 valence electrons. The van der Waals surface area contributed by atoms with Crippen LogP contribution in [0.25, 0.3) is 0 Å². The van der Waals surface area contributed by atoms with Gasteiger partial charge in [0.2, 0.25) is 0 Å². The molecule has 0 radical (unpaired) electrons. The number of aromatic nitrogens is 2. The number of benzene rings is 2. The van der Waals surface area contributed by atoms with Gasteiger partial charge in [-0.05, 0) is 60.4 Å². The van der Waals surface area contributed by atoms with Gasteiger partial charge in [0, 0.05) is 12.7 Å². The number of nitrogens with one attached hydrogen (secondary N) is 2. The summed E-state index contributed by atoms with van der Waals surface area (Å²) in [6, 6.07) is 9.45. The average Bonchev–Trinajstić information content (AvgIpc) is 2.78. The third-order valence-corrected chi connectivity index (χ3v) is 6.46. The first-order chi connectivity index (χ1) is 15.6. The van der Waals surface area contributed by atoms with Crippen LogP contribution in [0.2, 0.25) is 0 Å². The zero-order valence-corrected chi connectivity index (χ0v) is 19.5. The van der Waals surface area contributed by atoms with Gasteiger partial charge >= 0.3 is 0 Å². The van der Waals surface area contributed by atoms with Crippen molar-refractivity contribution in [3.05, 3.63) is 75.6 Å². The molecule has 1 heterocycles. The highest BCUT2D eigenvalue weighted by Crippen LogP contribution is 2.39. The quantitative estimate of drug-likeness (QED) is 0.349. The molecule has 0 aliphatic carbocycles. The van der Waals surface area contributed by atoms with Gasteiger partial charge in [-0.2, -0.15) is 10.2 Å². The summed E-state index contributed by atoms with van der Waals surface area (Å²) in [5.74, 6) is 0.159. The Hall–Kier alpha value is -3.73. The summed E-state index contributed by atoms with van der Waals surface area (Å²) in [4.78, 5) is 11.3. The Morgan fingerprint density at radius 1 is 1.12 bits per heavy atom. The molecule has 3 aromatic rings. The van der Waals surface area contributed by atoms with Crippen molar-refractivity contribution in [2.45, 2.75) is 38.1 Å². The summed E-state index contributed by atoms with van der Waals surface area (Å²) in [6.07, 6.45) is 3.07. The molecule has 33 heavy (non-hydrogen) atoms. The molecule has 0 bridgehead atoms. The van der Waals surface area contributed by atoms with Crippen LogP contribution in [0.1, 0.15) is 36.5 Å². The maximum Gasteiger partial charge on any atom is 0.297 e. The van der Waals surface area contributed by atoms with Crippen LogP contribution >= 0.6 is 0 Å². The summed E-state index contributed by atoms with van der Waals surface area (Å²) in [5.41, 5.74) is 1.86.